The van der Waals surface area contributed by atoms with E-state index in [2.05, 4.69) is 5.32 Å². The lowest BCUT2D eigenvalue weighted by Crippen LogP contribution is -2.44. The summed E-state index contributed by atoms with van der Waals surface area (Å²) in [5.74, 6) is -0.186. The number of piperidine rings is 1. The van der Waals surface area contributed by atoms with Gasteiger partial charge in [0.2, 0.25) is 15.9 Å². The van der Waals surface area contributed by atoms with Gasteiger partial charge in [0, 0.05) is 25.2 Å². The fraction of sp³-hybridized carbons (Fsp3) is 0.533. The number of hydrogen-bond donors (Lipinski definition) is 2. The van der Waals surface area contributed by atoms with E-state index in [1.165, 1.54) is 19.1 Å². The predicted molar refractivity (Wildman–Crippen MR) is 85.9 cm³/mol. The smallest absolute Gasteiger partial charge is 0.243 e. The minimum atomic E-state index is -3.51. The molecule has 122 valence electrons. The second kappa shape index (κ2) is 7.21. The van der Waals surface area contributed by atoms with Gasteiger partial charge in [0.1, 0.15) is 0 Å². The lowest BCUT2D eigenvalue weighted by molar-refractivity contribution is -0.114. The highest BCUT2D eigenvalue weighted by Crippen LogP contribution is 2.27. The number of sulfonamides is 1. The molecule has 7 heteroatoms. The Kier molecular flexibility index (Phi) is 5.55. The summed E-state index contributed by atoms with van der Waals surface area (Å²) in [6.45, 7) is 2.44. The van der Waals surface area contributed by atoms with Crippen LogP contribution in [0.1, 0.15) is 32.6 Å². The van der Waals surface area contributed by atoms with Crippen LogP contribution in [-0.2, 0) is 14.8 Å². The molecule has 0 radical (unpaired) electrons. The average molecular weight is 325 g/mol. The molecule has 0 aliphatic carbocycles. The van der Waals surface area contributed by atoms with Crippen LogP contribution in [0.5, 0.6) is 0 Å². The number of amides is 1. The highest BCUT2D eigenvalue weighted by Gasteiger charge is 2.32. The molecule has 0 saturated carbocycles. The Bertz CT molecular complexity index is 611. The quantitative estimate of drug-likeness (QED) is 0.859. The van der Waals surface area contributed by atoms with E-state index in [4.69, 9.17) is 5.73 Å². The Morgan fingerprint density at radius 3 is 2.59 bits per heavy atom. The highest BCUT2D eigenvalue weighted by molar-refractivity contribution is 7.89. The molecule has 0 spiro atoms. The molecule has 1 aliphatic rings. The third kappa shape index (κ3) is 3.85. The molecule has 1 fully saturated rings. The molecule has 0 bridgehead atoms. The van der Waals surface area contributed by atoms with Crippen molar-refractivity contribution in [1.82, 2.24) is 4.31 Å². The zero-order valence-electron chi connectivity index (χ0n) is 12.8. The van der Waals surface area contributed by atoms with Crippen LogP contribution in [0, 0.1) is 0 Å². The van der Waals surface area contributed by atoms with Crippen LogP contribution < -0.4 is 11.1 Å². The van der Waals surface area contributed by atoms with E-state index in [1.807, 2.05) is 0 Å². The van der Waals surface area contributed by atoms with E-state index in [0.717, 1.165) is 19.3 Å². The molecule has 0 aromatic heterocycles. The van der Waals surface area contributed by atoms with Gasteiger partial charge in [-0.1, -0.05) is 6.42 Å². The Morgan fingerprint density at radius 1 is 1.32 bits per heavy atom. The van der Waals surface area contributed by atoms with E-state index in [1.54, 1.807) is 16.4 Å². The molecule has 1 atom stereocenters. The Labute approximate surface area is 131 Å². The van der Waals surface area contributed by atoms with Gasteiger partial charge in [-0.2, -0.15) is 4.31 Å². The average Bonchev–Trinajstić information content (AvgIpc) is 2.48. The first-order valence-corrected chi connectivity index (χ1v) is 8.98. The molecule has 1 aliphatic heterocycles. The summed E-state index contributed by atoms with van der Waals surface area (Å²) in [5, 5.41) is 2.63. The molecule has 1 heterocycles. The zero-order chi connectivity index (χ0) is 16.2. The van der Waals surface area contributed by atoms with Crippen molar-refractivity contribution in [2.45, 2.75) is 43.5 Å². The van der Waals surface area contributed by atoms with Crippen LogP contribution in [0.15, 0.2) is 29.2 Å². The lowest BCUT2D eigenvalue weighted by atomic mass is 10.0. The number of hydrogen-bond acceptors (Lipinski definition) is 4. The number of rotatable bonds is 5. The van der Waals surface area contributed by atoms with Crippen LogP contribution in [0.3, 0.4) is 0 Å². The van der Waals surface area contributed by atoms with Crippen molar-refractivity contribution < 1.29 is 13.2 Å². The summed E-state index contributed by atoms with van der Waals surface area (Å²) in [5.41, 5.74) is 6.19. The molecule has 1 amide bonds. The first-order valence-electron chi connectivity index (χ1n) is 7.54. The molecule has 3 N–H and O–H groups in total. The predicted octanol–water partition coefficient (Wildman–Crippen LogP) is 1.54. The summed E-state index contributed by atoms with van der Waals surface area (Å²) >= 11 is 0. The first-order chi connectivity index (χ1) is 10.4. The molecule has 1 unspecified atom stereocenters. The van der Waals surface area contributed by atoms with Crippen molar-refractivity contribution in [1.29, 1.82) is 0 Å². The maximum atomic E-state index is 12.8. The Morgan fingerprint density at radius 2 is 2.00 bits per heavy atom. The SMILES string of the molecule is CC(=O)Nc1ccc(S(=O)(=O)N2CCCCC2CCN)cc1. The molecule has 1 saturated heterocycles. The fourth-order valence-electron chi connectivity index (χ4n) is 2.82. The van der Waals surface area contributed by atoms with Gasteiger partial charge < -0.3 is 11.1 Å². The van der Waals surface area contributed by atoms with Gasteiger partial charge in [0.05, 0.1) is 4.90 Å². The Balaban J connectivity index is 2.22. The number of nitrogens with two attached hydrogens (primary N) is 1. The molecule has 1 aromatic carbocycles. The number of carbonyl (C=O) groups excluding carboxylic acids is 1. The molecular weight excluding hydrogens is 302 g/mol. The third-order valence-electron chi connectivity index (χ3n) is 3.85. The topological polar surface area (TPSA) is 92.5 Å². The maximum absolute atomic E-state index is 12.8. The molecule has 1 aromatic rings. The van der Waals surface area contributed by atoms with Crippen molar-refractivity contribution in [3.63, 3.8) is 0 Å². The van der Waals surface area contributed by atoms with Crippen LogP contribution in [0.25, 0.3) is 0 Å². The van der Waals surface area contributed by atoms with E-state index < -0.39 is 10.0 Å². The summed E-state index contributed by atoms with van der Waals surface area (Å²) in [7, 11) is -3.51. The minimum Gasteiger partial charge on any atom is -0.330 e. The van der Waals surface area contributed by atoms with Crippen molar-refractivity contribution >= 4 is 21.6 Å². The van der Waals surface area contributed by atoms with Crippen molar-refractivity contribution in [2.75, 3.05) is 18.4 Å². The van der Waals surface area contributed by atoms with Gasteiger partial charge in [-0.15, -0.1) is 0 Å². The summed E-state index contributed by atoms with van der Waals surface area (Å²) in [6, 6.07) is 6.27. The standard InChI is InChI=1S/C15H23N3O3S/c1-12(19)17-13-5-7-15(8-6-13)22(20,21)18-11-3-2-4-14(18)9-10-16/h5-8,14H,2-4,9-11,16H2,1H3,(H,17,19). The van der Waals surface area contributed by atoms with Crippen molar-refractivity contribution in [3.05, 3.63) is 24.3 Å². The monoisotopic (exact) mass is 325 g/mol. The van der Waals surface area contributed by atoms with E-state index in [9.17, 15) is 13.2 Å². The van der Waals surface area contributed by atoms with E-state index >= 15 is 0 Å². The third-order valence-corrected chi connectivity index (χ3v) is 5.82. The highest BCUT2D eigenvalue weighted by atomic mass is 32.2. The van der Waals surface area contributed by atoms with Crippen LogP contribution in [0.2, 0.25) is 0 Å². The van der Waals surface area contributed by atoms with Crippen LogP contribution in [0.4, 0.5) is 5.69 Å². The normalized spacial score (nSPS) is 19.8. The fourth-order valence-corrected chi connectivity index (χ4v) is 4.54. The summed E-state index contributed by atoms with van der Waals surface area (Å²) in [6.07, 6.45) is 3.46. The maximum Gasteiger partial charge on any atom is 0.243 e. The number of nitrogens with one attached hydrogen (secondary N) is 1. The van der Waals surface area contributed by atoms with E-state index in [0.29, 0.717) is 25.2 Å². The molecule has 2 rings (SSSR count). The van der Waals surface area contributed by atoms with Gasteiger partial charge in [-0.3, -0.25) is 4.79 Å². The lowest BCUT2D eigenvalue weighted by Gasteiger charge is -2.34. The number of benzene rings is 1. The molecule has 6 nitrogen and oxygen atoms in total. The Hall–Kier alpha value is -1.44. The van der Waals surface area contributed by atoms with Crippen molar-refractivity contribution in [2.24, 2.45) is 5.73 Å². The van der Waals surface area contributed by atoms with Gasteiger partial charge in [-0.05, 0) is 50.1 Å². The second-order valence-corrected chi connectivity index (χ2v) is 7.44. The van der Waals surface area contributed by atoms with Crippen LogP contribution >= 0.6 is 0 Å². The largest absolute Gasteiger partial charge is 0.330 e. The summed E-state index contributed by atoms with van der Waals surface area (Å²) in [4.78, 5) is 11.3. The number of nitrogens with zero attached hydrogens (tertiary/aromatic N) is 1. The zero-order valence-corrected chi connectivity index (χ0v) is 13.6. The molecule has 22 heavy (non-hydrogen) atoms. The van der Waals surface area contributed by atoms with Gasteiger partial charge in [-0.25, -0.2) is 8.42 Å². The van der Waals surface area contributed by atoms with Gasteiger partial charge >= 0.3 is 0 Å². The van der Waals surface area contributed by atoms with Crippen molar-refractivity contribution in [3.8, 4) is 0 Å². The number of anilines is 1. The van der Waals surface area contributed by atoms with E-state index in [-0.39, 0.29) is 16.8 Å². The second-order valence-electron chi connectivity index (χ2n) is 5.55. The first kappa shape index (κ1) is 16.9. The van der Waals surface area contributed by atoms with Crippen LogP contribution in [-0.4, -0.2) is 37.8 Å². The summed E-state index contributed by atoms with van der Waals surface area (Å²) < 4.78 is 27.2. The number of carbonyl (C=O) groups is 1. The van der Waals surface area contributed by atoms with Gasteiger partial charge in [0.25, 0.3) is 0 Å². The molecular formula is C15H23N3O3S. The minimum absolute atomic E-state index is 0.0150. The van der Waals surface area contributed by atoms with Gasteiger partial charge in [0.15, 0.2) is 0 Å².